The van der Waals surface area contributed by atoms with Crippen molar-refractivity contribution in [2.45, 2.75) is 43.0 Å². The maximum Gasteiger partial charge on any atom is 0.261 e. The molecule has 1 aliphatic rings. The highest BCUT2D eigenvalue weighted by molar-refractivity contribution is 7.92. The molecule has 0 aliphatic heterocycles. The zero-order valence-electron chi connectivity index (χ0n) is 18.3. The van der Waals surface area contributed by atoms with Crippen LogP contribution in [-0.4, -0.2) is 52.0 Å². The fourth-order valence-corrected chi connectivity index (χ4v) is 5.07. The second-order valence-electron chi connectivity index (χ2n) is 8.10. The molecule has 1 aliphatic carbocycles. The molecule has 0 radical (unpaired) electrons. The van der Waals surface area contributed by atoms with Gasteiger partial charge in [-0.15, -0.1) is 0 Å². The van der Waals surface area contributed by atoms with Gasteiger partial charge in [0.25, 0.3) is 15.9 Å². The van der Waals surface area contributed by atoms with Crippen LogP contribution in [0.15, 0.2) is 53.4 Å². The number of rotatable bonds is 9. The van der Waals surface area contributed by atoms with Gasteiger partial charge in [-0.1, -0.05) is 18.9 Å². The van der Waals surface area contributed by atoms with Crippen LogP contribution in [0.4, 0.5) is 5.69 Å². The summed E-state index contributed by atoms with van der Waals surface area (Å²) in [5, 5.41) is 3.00. The molecule has 1 saturated carbocycles. The molecule has 8 heteroatoms. The highest BCUT2D eigenvalue weighted by Gasteiger charge is 2.36. The van der Waals surface area contributed by atoms with Gasteiger partial charge in [0.1, 0.15) is 5.75 Å². The van der Waals surface area contributed by atoms with Gasteiger partial charge in [-0.3, -0.25) is 9.52 Å². The lowest BCUT2D eigenvalue weighted by Crippen LogP contribution is -2.50. The number of sulfonamides is 1. The minimum absolute atomic E-state index is 0.0332. The summed E-state index contributed by atoms with van der Waals surface area (Å²) in [7, 11) is 0.248. The molecule has 3 rings (SSSR count). The van der Waals surface area contributed by atoms with Gasteiger partial charge in [0.05, 0.1) is 11.5 Å². The van der Waals surface area contributed by atoms with Gasteiger partial charge in [-0.2, -0.15) is 0 Å². The molecule has 0 bridgehead atoms. The molecule has 0 aromatic heterocycles. The fraction of sp³-hybridized carbons (Fsp3) is 0.435. The Kier molecular flexibility index (Phi) is 7.23. The monoisotopic (exact) mass is 445 g/mol. The van der Waals surface area contributed by atoms with Crippen molar-refractivity contribution in [3.05, 3.63) is 54.1 Å². The van der Waals surface area contributed by atoms with E-state index in [0.717, 1.165) is 25.7 Å². The molecule has 168 valence electrons. The first-order valence-electron chi connectivity index (χ1n) is 10.6. The number of nitrogens with zero attached hydrogens (tertiary/aromatic N) is 1. The normalized spacial score (nSPS) is 15.6. The summed E-state index contributed by atoms with van der Waals surface area (Å²) in [6.45, 7) is 2.96. The Morgan fingerprint density at radius 2 is 1.77 bits per heavy atom. The Bertz CT molecular complexity index is 998. The molecule has 0 atom stereocenters. The maximum absolute atomic E-state index is 12.8. The smallest absolute Gasteiger partial charge is 0.261 e. The Labute approximate surface area is 184 Å². The van der Waals surface area contributed by atoms with Gasteiger partial charge in [-0.05, 0) is 76.3 Å². The standard InChI is InChI=1S/C23H31N3O4S/c1-4-30-20-12-10-19(11-13-20)25-31(28,29)21-9-7-8-18(16-21)22(27)24-17-23(26(2)3)14-5-6-15-23/h7-13,16,25H,4-6,14-15,17H2,1-3H3,(H,24,27). The summed E-state index contributed by atoms with van der Waals surface area (Å²) in [6.07, 6.45) is 4.39. The molecule has 0 spiro atoms. The van der Waals surface area contributed by atoms with E-state index >= 15 is 0 Å². The number of carbonyl (C=O) groups excluding carboxylic acids is 1. The molecule has 2 N–H and O–H groups in total. The molecule has 31 heavy (non-hydrogen) atoms. The zero-order chi connectivity index (χ0) is 22.5. The summed E-state index contributed by atoms with van der Waals surface area (Å²) >= 11 is 0. The van der Waals surface area contributed by atoms with E-state index in [1.54, 1.807) is 36.4 Å². The minimum atomic E-state index is -3.83. The van der Waals surface area contributed by atoms with Crippen molar-refractivity contribution in [3.63, 3.8) is 0 Å². The summed E-state index contributed by atoms with van der Waals surface area (Å²) < 4.78 is 33.5. The van der Waals surface area contributed by atoms with E-state index < -0.39 is 10.0 Å². The molecule has 2 aromatic rings. The molecule has 0 saturated heterocycles. The largest absolute Gasteiger partial charge is 0.494 e. The Morgan fingerprint density at radius 1 is 1.10 bits per heavy atom. The lowest BCUT2D eigenvalue weighted by molar-refractivity contribution is 0.0900. The summed E-state index contributed by atoms with van der Waals surface area (Å²) in [5.74, 6) is 0.396. The first-order chi connectivity index (χ1) is 14.8. The number of likely N-dealkylation sites (N-methyl/N-ethyl adjacent to an activating group) is 1. The summed E-state index contributed by atoms with van der Waals surface area (Å²) in [6, 6.07) is 12.8. The van der Waals surface area contributed by atoms with E-state index in [2.05, 4.69) is 14.9 Å². The average molecular weight is 446 g/mol. The molecule has 7 nitrogen and oxygen atoms in total. The van der Waals surface area contributed by atoms with Gasteiger partial charge < -0.3 is 15.0 Å². The zero-order valence-corrected chi connectivity index (χ0v) is 19.2. The maximum atomic E-state index is 12.8. The van der Waals surface area contributed by atoms with Crippen LogP contribution in [0.25, 0.3) is 0 Å². The van der Waals surface area contributed by atoms with Gasteiger partial charge in [0.15, 0.2) is 0 Å². The number of amides is 1. The van der Waals surface area contributed by atoms with Crippen LogP contribution in [0.2, 0.25) is 0 Å². The second kappa shape index (κ2) is 9.70. The minimum Gasteiger partial charge on any atom is -0.494 e. The van der Waals surface area contributed by atoms with Crippen LogP contribution >= 0.6 is 0 Å². The number of carbonyl (C=O) groups is 1. The topological polar surface area (TPSA) is 87.7 Å². The van der Waals surface area contributed by atoms with Crippen molar-refractivity contribution in [2.24, 2.45) is 0 Å². The number of anilines is 1. The third-order valence-electron chi connectivity index (χ3n) is 5.89. The van der Waals surface area contributed by atoms with E-state index in [1.807, 2.05) is 21.0 Å². The number of benzene rings is 2. The highest BCUT2D eigenvalue weighted by Crippen LogP contribution is 2.33. The quantitative estimate of drug-likeness (QED) is 0.617. The van der Waals surface area contributed by atoms with E-state index in [4.69, 9.17) is 4.74 Å². The predicted octanol–water partition coefficient (Wildman–Crippen LogP) is 3.49. The number of hydrogen-bond acceptors (Lipinski definition) is 5. The fourth-order valence-electron chi connectivity index (χ4n) is 3.97. The van der Waals surface area contributed by atoms with Crippen molar-refractivity contribution in [1.29, 1.82) is 0 Å². The van der Waals surface area contributed by atoms with Crippen molar-refractivity contribution in [2.75, 3.05) is 32.0 Å². The lowest BCUT2D eigenvalue weighted by Gasteiger charge is -2.36. The summed E-state index contributed by atoms with van der Waals surface area (Å²) in [4.78, 5) is 15.0. The molecule has 0 heterocycles. The van der Waals surface area contributed by atoms with Crippen LogP contribution in [0.5, 0.6) is 5.75 Å². The van der Waals surface area contributed by atoms with Crippen molar-refractivity contribution < 1.29 is 17.9 Å². The van der Waals surface area contributed by atoms with Crippen LogP contribution in [0, 0.1) is 0 Å². The van der Waals surface area contributed by atoms with Crippen molar-refractivity contribution in [3.8, 4) is 5.75 Å². The molecule has 0 unspecified atom stereocenters. The first kappa shape index (κ1) is 23.1. The molecule has 1 amide bonds. The second-order valence-corrected chi connectivity index (χ2v) is 9.78. The van der Waals surface area contributed by atoms with Crippen LogP contribution in [-0.2, 0) is 10.0 Å². The highest BCUT2D eigenvalue weighted by atomic mass is 32.2. The van der Waals surface area contributed by atoms with Gasteiger partial charge in [0, 0.05) is 23.3 Å². The third kappa shape index (κ3) is 5.57. The first-order valence-corrected chi connectivity index (χ1v) is 12.1. The van der Waals surface area contributed by atoms with E-state index in [-0.39, 0.29) is 16.3 Å². The third-order valence-corrected chi connectivity index (χ3v) is 7.26. The molecular weight excluding hydrogens is 414 g/mol. The lowest BCUT2D eigenvalue weighted by atomic mass is 9.96. The van der Waals surface area contributed by atoms with Crippen LogP contribution in [0.3, 0.4) is 0 Å². The van der Waals surface area contributed by atoms with Crippen molar-refractivity contribution >= 4 is 21.6 Å². The van der Waals surface area contributed by atoms with Gasteiger partial charge >= 0.3 is 0 Å². The average Bonchev–Trinajstić information content (AvgIpc) is 3.24. The number of ether oxygens (including phenoxy) is 1. The molecule has 1 fully saturated rings. The van der Waals surface area contributed by atoms with E-state index in [0.29, 0.717) is 30.2 Å². The van der Waals surface area contributed by atoms with E-state index in [1.165, 1.54) is 12.1 Å². The Morgan fingerprint density at radius 3 is 2.39 bits per heavy atom. The number of nitrogens with one attached hydrogen (secondary N) is 2. The number of hydrogen-bond donors (Lipinski definition) is 2. The van der Waals surface area contributed by atoms with Gasteiger partial charge in [0.2, 0.25) is 0 Å². The molecule has 2 aromatic carbocycles. The summed E-state index contributed by atoms with van der Waals surface area (Å²) in [5.41, 5.74) is 0.711. The SMILES string of the molecule is CCOc1ccc(NS(=O)(=O)c2cccc(C(=O)NCC3(N(C)C)CCCC3)c2)cc1. The van der Waals surface area contributed by atoms with Crippen LogP contribution < -0.4 is 14.8 Å². The Balaban J connectivity index is 1.70. The predicted molar refractivity (Wildman–Crippen MR) is 122 cm³/mol. The van der Waals surface area contributed by atoms with Crippen LogP contribution in [0.1, 0.15) is 43.0 Å². The van der Waals surface area contributed by atoms with E-state index in [9.17, 15) is 13.2 Å². The molecular formula is C23H31N3O4S. The van der Waals surface area contributed by atoms with Crippen molar-refractivity contribution in [1.82, 2.24) is 10.2 Å². The Hall–Kier alpha value is -2.58. The van der Waals surface area contributed by atoms with Gasteiger partial charge in [-0.25, -0.2) is 8.42 Å².